The van der Waals surface area contributed by atoms with E-state index >= 15 is 0 Å². The van der Waals surface area contributed by atoms with Crippen LogP contribution in [0.5, 0.6) is 5.75 Å². The molecule has 0 aliphatic heterocycles. The van der Waals surface area contributed by atoms with Gasteiger partial charge in [-0.05, 0) is 31.9 Å². The van der Waals surface area contributed by atoms with E-state index in [-0.39, 0.29) is 17.1 Å². The summed E-state index contributed by atoms with van der Waals surface area (Å²) in [5, 5.41) is 0. The predicted octanol–water partition coefficient (Wildman–Crippen LogP) is 3.76. The Balaban J connectivity index is 2.37. The van der Waals surface area contributed by atoms with Gasteiger partial charge in [-0.2, -0.15) is 0 Å². The van der Waals surface area contributed by atoms with Gasteiger partial charge in [0.15, 0.2) is 17.3 Å². The van der Waals surface area contributed by atoms with Crippen molar-refractivity contribution in [1.82, 2.24) is 0 Å². The maximum absolute atomic E-state index is 14.3. The van der Waals surface area contributed by atoms with Crippen molar-refractivity contribution < 1.29 is 18.7 Å². The first-order valence-corrected chi connectivity index (χ1v) is 7.16. The zero-order valence-electron chi connectivity index (χ0n) is 12.1. The average Bonchev–Trinajstić information content (AvgIpc) is 2.48. The summed E-state index contributed by atoms with van der Waals surface area (Å²) in [6.07, 6.45) is 4.31. The number of ketones is 1. The molecule has 0 radical (unpaired) electrons. The van der Waals surface area contributed by atoms with Crippen molar-refractivity contribution in [1.29, 1.82) is 0 Å². The van der Waals surface area contributed by atoms with E-state index in [0.29, 0.717) is 19.4 Å². The Morgan fingerprint density at radius 2 is 2.00 bits per heavy atom. The fourth-order valence-electron chi connectivity index (χ4n) is 2.93. The Kier molecular flexibility index (Phi) is 4.76. The Hall–Kier alpha value is -1.42. The number of hydrogen-bond donors (Lipinski definition) is 0. The van der Waals surface area contributed by atoms with E-state index in [1.165, 1.54) is 19.2 Å². The Labute approximate surface area is 119 Å². The van der Waals surface area contributed by atoms with Gasteiger partial charge >= 0.3 is 0 Å². The van der Waals surface area contributed by atoms with Crippen LogP contribution in [0.25, 0.3) is 0 Å². The van der Waals surface area contributed by atoms with Crippen molar-refractivity contribution in [2.24, 2.45) is 0 Å². The summed E-state index contributed by atoms with van der Waals surface area (Å²) in [7, 11) is 1.39. The maximum atomic E-state index is 14.3. The minimum Gasteiger partial charge on any atom is -0.494 e. The van der Waals surface area contributed by atoms with Gasteiger partial charge in [0.2, 0.25) is 0 Å². The molecule has 0 amide bonds. The van der Waals surface area contributed by atoms with Crippen molar-refractivity contribution in [3.63, 3.8) is 0 Å². The number of ether oxygens (including phenoxy) is 2. The molecule has 3 nitrogen and oxygen atoms in total. The number of rotatable bonds is 5. The fourth-order valence-corrected chi connectivity index (χ4v) is 2.93. The molecule has 0 saturated heterocycles. The molecule has 2 rings (SSSR count). The summed E-state index contributed by atoms with van der Waals surface area (Å²) in [6.45, 7) is 2.32. The highest BCUT2D eigenvalue weighted by Gasteiger charge is 2.41. The SMILES string of the molecule is CCOC1(C(=O)c2cccc(OC)c2F)CCCCC1. The quantitative estimate of drug-likeness (QED) is 0.770. The molecular formula is C16H21FO3. The molecule has 0 heterocycles. The first kappa shape index (κ1) is 15.0. The molecule has 0 bridgehead atoms. The topological polar surface area (TPSA) is 35.5 Å². The van der Waals surface area contributed by atoms with Crippen LogP contribution in [0.1, 0.15) is 49.4 Å². The summed E-state index contributed by atoms with van der Waals surface area (Å²) in [5.74, 6) is -0.751. The van der Waals surface area contributed by atoms with Gasteiger partial charge in [0.1, 0.15) is 5.60 Å². The lowest BCUT2D eigenvalue weighted by molar-refractivity contribution is -0.0413. The lowest BCUT2D eigenvalue weighted by atomic mass is 9.79. The van der Waals surface area contributed by atoms with Crippen LogP contribution < -0.4 is 4.74 Å². The third-order valence-corrected chi connectivity index (χ3v) is 3.92. The van der Waals surface area contributed by atoms with E-state index in [2.05, 4.69) is 0 Å². The van der Waals surface area contributed by atoms with E-state index < -0.39 is 11.4 Å². The van der Waals surface area contributed by atoms with Gasteiger partial charge in [0.25, 0.3) is 0 Å². The summed E-state index contributed by atoms with van der Waals surface area (Å²) in [4.78, 5) is 12.8. The fraction of sp³-hybridized carbons (Fsp3) is 0.562. The van der Waals surface area contributed by atoms with Crippen molar-refractivity contribution in [2.75, 3.05) is 13.7 Å². The molecule has 20 heavy (non-hydrogen) atoms. The molecule has 1 aromatic rings. The van der Waals surface area contributed by atoms with Gasteiger partial charge in [0, 0.05) is 6.61 Å². The van der Waals surface area contributed by atoms with Gasteiger partial charge in [-0.3, -0.25) is 4.79 Å². The normalized spacial score (nSPS) is 17.8. The highest BCUT2D eigenvalue weighted by molar-refractivity contribution is 6.03. The second kappa shape index (κ2) is 6.35. The first-order chi connectivity index (χ1) is 9.64. The molecule has 0 atom stereocenters. The first-order valence-electron chi connectivity index (χ1n) is 7.16. The van der Waals surface area contributed by atoms with Gasteiger partial charge in [0.05, 0.1) is 12.7 Å². The molecular weight excluding hydrogens is 259 g/mol. The number of Topliss-reactive ketones (excluding diaryl/α,β-unsaturated/α-hetero) is 1. The molecule has 4 heteroatoms. The van der Waals surface area contributed by atoms with Crippen LogP contribution in [0.4, 0.5) is 4.39 Å². The molecule has 0 aromatic heterocycles. The second-order valence-corrected chi connectivity index (χ2v) is 5.14. The molecule has 0 spiro atoms. The van der Waals surface area contributed by atoms with Gasteiger partial charge in [-0.15, -0.1) is 0 Å². The summed E-state index contributed by atoms with van der Waals surface area (Å²) in [5.41, 5.74) is -0.792. The molecule has 110 valence electrons. The molecule has 0 N–H and O–H groups in total. The third-order valence-electron chi connectivity index (χ3n) is 3.92. The van der Waals surface area contributed by atoms with Crippen molar-refractivity contribution in [3.05, 3.63) is 29.6 Å². The molecule has 0 unspecified atom stereocenters. The van der Waals surface area contributed by atoms with E-state index in [1.54, 1.807) is 6.07 Å². The van der Waals surface area contributed by atoms with Gasteiger partial charge < -0.3 is 9.47 Å². The molecule has 1 aliphatic carbocycles. The standard InChI is InChI=1S/C16H21FO3/c1-3-20-16(10-5-4-6-11-16)15(18)12-8-7-9-13(19-2)14(12)17/h7-9H,3-6,10-11H2,1-2H3. The minimum atomic E-state index is -0.861. The lowest BCUT2D eigenvalue weighted by Gasteiger charge is -2.35. The number of hydrogen-bond acceptors (Lipinski definition) is 3. The zero-order chi connectivity index (χ0) is 14.6. The average molecular weight is 280 g/mol. The second-order valence-electron chi connectivity index (χ2n) is 5.14. The summed E-state index contributed by atoms with van der Waals surface area (Å²) < 4.78 is 25.0. The van der Waals surface area contributed by atoms with Crippen molar-refractivity contribution >= 4 is 5.78 Å². The Morgan fingerprint density at radius 1 is 1.30 bits per heavy atom. The third kappa shape index (κ3) is 2.70. The van der Waals surface area contributed by atoms with Crippen molar-refractivity contribution in [3.8, 4) is 5.75 Å². The largest absolute Gasteiger partial charge is 0.494 e. The van der Waals surface area contributed by atoms with E-state index in [9.17, 15) is 9.18 Å². The van der Waals surface area contributed by atoms with E-state index in [4.69, 9.17) is 9.47 Å². The van der Waals surface area contributed by atoms with Crippen LogP contribution >= 0.6 is 0 Å². The monoisotopic (exact) mass is 280 g/mol. The highest BCUT2D eigenvalue weighted by Crippen LogP contribution is 2.36. The van der Waals surface area contributed by atoms with Crippen LogP contribution in [-0.4, -0.2) is 25.1 Å². The molecule has 1 saturated carbocycles. The van der Waals surface area contributed by atoms with Crippen LogP contribution in [0.3, 0.4) is 0 Å². The van der Waals surface area contributed by atoms with Gasteiger partial charge in [-0.1, -0.05) is 25.3 Å². The summed E-state index contributed by atoms with van der Waals surface area (Å²) in [6, 6.07) is 4.66. The molecule has 1 aliphatic rings. The number of halogens is 1. The molecule has 1 aromatic carbocycles. The van der Waals surface area contributed by atoms with E-state index in [1.807, 2.05) is 6.92 Å². The predicted molar refractivity (Wildman–Crippen MR) is 74.7 cm³/mol. The van der Waals surface area contributed by atoms with Crippen LogP contribution in [-0.2, 0) is 4.74 Å². The van der Waals surface area contributed by atoms with E-state index in [0.717, 1.165) is 19.3 Å². The number of carbonyl (C=O) groups is 1. The summed E-state index contributed by atoms with van der Waals surface area (Å²) >= 11 is 0. The molecule has 1 fully saturated rings. The van der Waals surface area contributed by atoms with Crippen LogP contribution in [0, 0.1) is 5.82 Å². The van der Waals surface area contributed by atoms with Gasteiger partial charge in [-0.25, -0.2) is 4.39 Å². The Bertz CT molecular complexity index is 473. The highest BCUT2D eigenvalue weighted by atomic mass is 19.1. The zero-order valence-corrected chi connectivity index (χ0v) is 12.1. The number of methoxy groups -OCH3 is 1. The smallest absolute Gasteiger partial charge is 0.197 e. The Morgan fingerprint density at radius 3 is 2.60 bits per heavy atom. The van der Waals surface area contributed by atoms with Crippen LogP contribution in [0.15, 0.2) is 18.2 Å². The van der Waals surface area contributed by atoms with Crippen LogP contribution in [0.2, 0.25) is 0 Å². The maximum Gasteiger partial charge on any atom is 0.197 e. The number of carbonyl (C=O) groups excluding carboxylic acids is 1. The minimum absolute atomic E-state index is 0.0692. The number of benzene rings is 1. The van der Waals surface area contributed by atoms with Crippen molar-refractivity contribution in [2.45, 2.75) is 44.6 Å². The lowest BCUT2D eigenvalue weighted by Crippen LogP contribution is -2.44.